The molecular formula is C12H9ClFN. The van der Waals surface area contributed by atoms with E-state index in [0.717, 1.165) is 0 Å². The van der Waals surface area contributed by atoms with Gasteiger partial charge < -0.3 is 0 Å². The normalized spacial score (nSPS) is 8.87. The van der Waals surface area contributed by atoms with Crippen LogP contribution in [0.25, 0.3) is 0 Å². The summed E-state index contributed by atoms with van der Waals surface area (Å²) in [6.45, 7) is 0. The van der Waals surface area contributed by atoms with Crippen LogP contribution in [-0.2, 0) is 6.42 Å². The summed E-state index contributed by atoms with van der Waals surface area (Å²) in [6.07, 6.45) is 0.671. The first kappa shape index (κ1) is 11.6. The molecule has 15 heavy (non-hydrogen) atoms. The number of rotatable bonds is 2. The van der Waals surface area contributed by atoms with Gasteiger partial charge in [-0.1, -0.05) is 17.9 Å². The molecule has 0 N–H and O–H groups in total. The number of hydrogen-bond donors (Lipinski definition) is 0. The fraction of sp³-hybridized carbons (Fsp3) is 0.250. The molecule has 0 aliphatic rings. The molecule has 1 nitrogen and oxygen atoms in total. The SMILES string of the molecule is N#CCc1ccc(C#CCCCl)cc1F. The van der Waals surface area contributed by atoms with Gasteiger partial charge in [0.15, 0.2) is 0 Å². The molecule has 0 spiro atoms. The fourth-order valence-corrected chi connectivity index (χ4v) is 1.16. The van der Waals surface area contributed by atoms with Gasteiger partial charge in [0, 0.05) is 23.4 Å². The second kappa shape index (κ2) is 6.06. The lowest BCUT2D eigenvalue weighted by Gasteiger charge is -1.97. The smallest absolute Gasteiger partial charge is 0.128 e. The Morgan fingerprint density at radius 2 is 2.20 bits per heavy atom. The Labute approximate surface area is 93.5 Å². The first-order valence-corrected chi connectivity index (χ1v) is 5.01. The minimum atomic E-state index is -0.380. The van der Waals surface area contributed by atoms with Crippen molar-refractivity contribution in [2.24, 2.45) is 0 Å². The lowest BCUT2D eigenvalue weighted by Crippen LogP contribution is -1.89. The molecule has 0 aliphatic heterocycles. The van der Waals surface area contributed by atoms with Crippen molar-refractivity contribution >= 4 is 11.6 Å². The van der Waals surface area contributed by atoms with E-state index in [4.69, 9.17) is 16.9 Å². The highest BCUT2D eigenvalue weighted by Crippen LogP contribution is 2.10. The topological polar surface area (TPSA) is 23.8 Å². The van der Waals surface area contributed by atoms with Crippen LogP contribution >= 0.6 is 11.6 Å². The van der Waals surface area contributed by atoms with Gasteiger partial charge in [0.1, 0.15) is 5.82 Å². The van der Waals surface area contributed by atoms with E-state index in [1.54, 1.807) is 12.1 Å². The molecule has 0 radical (unpaired) electrons. The zero-order chi connectivity index (χ0) is 11.1. The third-order valence-electron chi connectivity index (χ3n) is 1.77. The van der Waals surface area contributed by atoms with Gasteiger partial charge in [0.05, 0.1) is 12.5 Å². The van der Waals surface area contributed by atoms with Gasteiger partial charge in [0.2, 0.25) is 0 Å². The quantitative estimate of drug-likeness (QED) is 0.557. The van der Waals surface area contributed by atoms with Crippen molar-refractivity contribution in [3.63, 3.8) is 0 Å². The Balaban J connectivity index is 2.84. The van der Waals surface area contributed by atoms with Crippen LogP contribution in [0.5, 0.6) is 0 Å². The molecule has 0 aliphatic carbocycles. The van der Waals surface area contributed by atoms with E-state index in [1.807, 2.05) is 6.07 Å². The summed E-state index contributed by atoms with van der Waals surface area (Å²) in [4.78, 5) is 0. The van der Waals surface area contributed by atoms with Crippen molar-refractivity contribution in [3.8, 4) is 17.9 Å². The first-order valence-electron chi connectivity index (χ1n) is 4.48. The van der Waals surface area contributed by atoms with Crippen molar-refractivity contribution in [1.82, 2.24) is 0 Å². The Bertz CT molecular complexity index is 437. The van der Waals surface area contributed by atoms with Crippen LogP contribution in [0.4, 0.5) is 4.39 Å². The van der Waals surface area contributed by atoms with E-state index >= 15 is 0 Å². The first-order chi connectivity index (χ1) is 7.27. The molecule has 76 valence electrons. The Kier molecular flexibility index (Phi) is 4.68. The average molecular weight is 222 g/mol. The van der Waals surface area contributed by atoms with Crippen LogP contribution in [0.2, 0.25) is 0 Å². The molecule has 3 heteroatoms. The highest BCUT2D eigenvalue weighted by molar-refractivity contribution is 6.18. The van der Waals surface area contributed by atoms with Crippen LogP contribution < -0.4 is 0 Å². The number of benzene rings is 1. The van der Waals surface area contributed by atoms with E-state index in [1.165, 1.54) is 6.07 Å². The highest BCUT2D eigenvalue weighted by atomic mass is 35.5. The van der Waals surface area contributed by atoms with E-state index in [9.17, 15) is 4.39 Å². The summed E-state index contributed by atoms with van der Waals surface area (Å²) in [5, 5.41) is 8.43. The van der Waals surface area contributed by atoms with Gasteiger partial charge in [0.25, 0.3) is 0 Å². The standard InChI is InChI=1S/C12H9ClFN/c13-7-2-1-3-10-4-5-11(6-8-15)12(14)9-10/h4-5,9H,2,6-7H2. The molecule has 0 saturated heterocycles. The molecule has 0 unspecified atom stereocenters. The monoisotopic (exact) mass is 221 g/mol. The van der Waals surface area contributed by atoms with Crippen LogP contribution in [0.3, 0.4) is 0 Å². The molecule has 0 amide bonds. The Morgan fingerprint density at radius 1 is 1.40 bits per heavy atom. The summed E-state index contributed by atoms with van der Waals surface area (Å²) in [7, 11) is 0. The van der Waals surface area contributed by atoms with Gasteiger partial charge >= 0.3 is 0 Å². The molecule has 0 bridgehead atoms. The summed E-state index contributed by atoms with van der Waals surface area (Å²) in [5.74, 6) is 5.71. The van der Waals surface area contributed by atoms with E-state index < -0.39 is 0 Å². The van der Waals surface area contributed by atoms with Gasteiger partial charge in [-0.05, 0) is 12.1 Å². The zero-order valence-electron chi connectivity index (χ0n) is 8.06. The van der Waals surface area contributed by atoms with Gasteiger partial charge in [-0.25, -0.2) is 4.39 Å². The minimum Gasteiger partial charge on any atom is -0.207 e. The predicted molar refractivity (Wildman–Crippen MR) is 57.9 cm³/mol. The highest BCUT2D eigenvalue weighted by Gasteiger charge is 2.01. The van der Waals surface area contributed by atoms with Gasteiger partial charge in [-0.2, -0.15) is 5.26 Å². The predicted octanol–water partition coefficient (Wildman–Crippen LogP) is 2.87. The molecular weight excluding hydrogens is 213 g/mol. The van der Waals surface area contributed by atoms with Crippen molar-refractivity contribution in [2.45, 2.75) is 12.8 Å². The lowest BCUT2D eigenvalue weighted by atomic mass is 10.1. The van der Waals surface area contributed by atoms with Crippen LogP contribution in [0, 0.1) is 29.0 Å². The maximum atomic E-state index is 13.3. The largest absolute Gasteiger partial charge is 0.207 e. The Morgan fingerprint density at radius 3 is 2.80 bits per heavy atom. The molecule has 0 atom stereocenters. The maximum absolute atomic E-state index is 13.3. The molecule has 1 rings (SSSR count). The molecule has 1 aromatic carbocycles. The number of alkyl halides is 1. The van der Waals surface area contributed by atoms with E-state index in [-0.39, 0.29) is 12.2 Å². The van der Waals surface area contributed by atoms with Crippen LogP contribution in [0.1, 0.15) is 17.5 Å². The van der Waals surface area contributed by atoms with Crippen LogP contribution in [0.15, 0.2) is 18.2 Å². The molecule has 0 fully saturated rings. The fourth-order valence-electron chi connectivity index (χ4n) is 1.07. The molecule has 0 heterocycles. The third-order valence-corrected chi connectivity index (χ3v) is 1.96. The zero-order valence-corrected chi connectivity index (χ0v) is 8.81. The number of halogens is 2. The summed E-state index contributed by atoms with van der Waals surface area (Å²) < 4.78 is 13.3. The van der Waals surface area contributed by atoms with Gasteiger partial charge in [-0.3, -0.25) is 0 Å². The van der Waals surface area contributed by atoms with Crippen molar-refractivity contribution < 1.29 is 4.39 Å². The number of hydrogen-bond acceptors (Lipinski definition) is 1. The molecule has 0 aromatic heterocycles. The number of nitriles is 1. The summed E-state index contributed by atoms with van der Waals surface area (Å²) in [5.41, 5.74) is 1.01. The molecule has 1 aromatic rings. The van der Waals surface area contributed by atoms with Crippen molar-refractivity contribution in [1.29, 1.82) is 5.26 Å². The van der Waals surface area contributed by atoms with E-state index in [2.05, 4.69) is 11.8 Å². The maximum Gasteiger partial charge on any atom is 0.128 e. The van der Waals surface area contributed by atoms with Crippen molar-refractivity contribution in [2.75, 3.05) is 5.88 Å². The molecule has 0 saturated carbocycles. The van der Waals surface area contributed by atoms with E-state index in [0.29, 0.717) is 23.4 Å². The van der Waals surface area contributed by atoms with Crippen molar-refractivity contribution in [3.05, 3.63) is 35.1 Å². The second-order valence-electron chi connectivity index (χ2n) is 2.88. The average Bonchev–Trinajstić information content (AvgIpc) is 2.23. The lowest BCUT2D eigenvalue weighted by molar-refractivity contribution is 0.615. The third kappa shape index (κ3) is 3.62. The number of nitrogens with zero attached hydrogens (tertiary/aromatic N) is 1. The summed E-state index contributed by atoms with van der Waals surface area (Å²) in [6, 6.07) is 6.54. The minimum absolute atomic E-state index is 0.0845. The second-order valence-corrected chi connectivity index (χ2v) is 3.26. The summed E-state index contributed by atoms with van der Waals surface area (Å²) >= 11 is 5.45. The van der Waals surface area contributed by atoms with Crippen LogP contribution in [-0.4, -0.2) is 5.88 Å². The van der Waals surface area contributed by atoms with Gasteiger partial charge in [-0.15, -0.1) is 11.6 Å². The Hall–Kier alpha value is -1.51.